The molecule has 0 unspecified atom stereocenters. The van der Waals surface area contributed by atoms with Gasteiger partial charge in [0.05, 0.1) is 5.75 Å². The normalized spacial score (nSPS) is 18.7. The maximum atomic E-state index is 12.0. The molecule has 1 saturated carbocycles. The van der Waals surface area contributed by atoms with Crippen LogP contribution in [0.15, 0.2) is 17.5 Å². The third kappa shape index (κ3) is 6.65. The summed E-state index contributed by atoms with van der Waals surface area (Å²) in [5, 5.41) is 1.97. The van der Waals surface area contributed by atoms with Crippen molar-refractivity contribution in [2.75, 3.05) is 12.3 Å². The third-order valence-electron chi connectivity index (χ3n) is 3.94. The van der Waals surface area contributed by atoms with Crippen molar-refractivity contribution < 1.29 is 8.42 Å². The molecular weight excluding hydrogens is 328 g/mol. The molecule has 0 bridgehead atoms. The van der Waals surface area contributed by atoms with Crippen molar-refractivity contribution in [1.29, 1.82) is 0 Å². The Morgan fingerprint density at radius 3 is 2.48 bits per heavy atom. The van der Waals surface area contributed by atoms with E-state index >= 15 is 0 Å². The molecule has 2 rings (SSSR count). The molecule has 4 nitrogen and oxygen atoms in total. The van der Waals surface area contributed by atoms with Gasteiger partial charge < -0.3 is 5.73 Å². The van der Waals surface area contributed by atoms with Gasteiger partial charge >= 0.3 is 0 Å². The van der Waals surface area contributed by atoms with E-state index in [0.717, 1.165) is 30.6 Å². The smallest absolute Gasteiger partial charge is 0.212 e. The van der Waals surface area contributed by atoms with E-state index in [-0.39, 0.29) is 23.7 Å². The van der Waals surface area contributed by atoms with E-state index in [1.54, 1.807) is 11.3 Å². The molecule has 0 aliphatic heterocycles. The van der Waals surface area contributed by atoms with Crippen LogP contribution in [-0.4, -0.2) is 26.3 Å². The topological polar surface area (TPSA) is 72.2 Å². The Balaban J connectivity index is 0.00000220. The molecule has 1 aliphatic carbocycles. The summed E-state index contributed by atoms with van der Waals surface area (Å²) >= 11 is 1.59. The van der Waals surface area contributed by atoms with Gasteiger partial charge in [0, 0.05) is 17.0 Å². The molecule has 122 valence electrons. The molecule has 0 spiro atoms. The van der Waals surface area contributed by atoms with Gasteiger partial charge in [-0.2, -0.15) is 0 Å². The molecule has 0 saturated heterocycles. The van der Waals surface area contributed by atoms with Gasteiger partial charge in [0.15, 0.2) is 0 Å². The molecule has 0 atom stereocenters. The first-order valence-corrected chi connectivity index (χ1v) is 9.81. The third-order valence-corrected chi connectivity index (χ3v) is 6.20. The van der Waals surface area contributed by atoms with E-state index in [1.807, 2.05) is 17.5 Å². The average Bonchev–Trinajstić information content (AvgIpc) is 2.84. The number of nitrogens with one attached hydrogen (secondary N) is 1. The summed E-state index contributed by atoms with van der Waals surface area (Å²) in [5.41, 5.74) is 5.98. The van der Waals surface area contributed by atoms with Crippen molar-refractivity contribution in [3.63, 3.8) is 0 Å². The summed E-state index contributed by atoms with van der Waals surface area (Å²) in [6.45, 7) is 0.375. The number of sulfonamides is 1. The van der Waals surface area contributed by atoms with Crippen LogP contribution < -0.4 is 10.5 Å². The molecule has 7 heteroatoms. The summed E-state index contributed by atoms with van der Waals surface area (Å²) in [6, 6.07) is 3.91. The SMILES string of the molecule is Cl.NC1(CNS(=O)(=O)CCc2cccs2)CCCCCC1. The Hall–Kier alpha value is -0.140. The zero-order valence-electron chi connectivity index (χ0n) is 12.2. The van der Waals surface area contributed by atoms with Gasteiger partial charge in [-0.3, -0.25) is 0 Å². The highest BCUT2D eigenvalue weighted by Crippen LogP contribution is 2.24. The van der Waals surface area contributed by atoms with Crippen LogP contribution in [-0.2, 0) is 16.4 Å². The maximum Gasteiger partial charge on any atom is 0.212 e. The molecule has 0 amide bonds. The first-order valence-electron chi connectivity index (χ1n) is 7.28. The highest BCUT2D eigenvalue weighted by atomic mass is 35.5. The first-order chi connectivity index (χ1) is 9.49. The van der Waals surface area contributed by atoms with E-state index in [4.69, 9.17) is 5.73 Å². The van der Waals surface area contributed by atoms with Crippen molar-refractivity contribution in [1.82, 2.24) is 4.72 Å². The molecule has 0 radical (unpaired) electrons. The maximum absolute atomic E-state index is 12.0. The number of hydrogen-bond acceptors (Lipinski definition) is 4. The summed E-state index contributed by atoms with van der Waals surface area (Å²) < 4.78 is 26.8. The van der Waals surface area contributed by atoms with Crippen molar-refractivity contribution in [2.45, 2.75) is 50.5 Å². The van der Waals surface area contributed by atoms with Crippen LogP contribution in [0.5, 0.6) is 0 Å². The van der Waals surface area contributed by atoms with E-state index in [2.05, 4.69) is 4.72 Å². The minimum Gasteiger partial charge on any atom is -0.324 e. The van der Waals surface area contributed by atoms with Crippen LogP contribution in [0.2, 0.25) is 0 Å². The highest BCUT2D eigenvalue weighted by Gasteiger charge is 2.27. The number of rotatable bonds is 6. The van der Waals surface area contributed by atoms with E-state index in [1.165, 1.54) is 12.8 Å². The van der Waals surface area contributed by atoms with Crippen LogP contribution >= 0.6 is 23.7 Å². The second-order valence-corrected chi connectivity index (χ2v) is 8.70. The zero-order chi connectivity index (χ0) is 14.5. The summed E-state index contributed by atoms with van der Waals surface area (Å²) in [4.78, 5) is 1.10. The lowest BCUT2D eigenvalue weighted by Gasteiger charge is -2.28. The van der Waals surface area contributed by atoms with Crippen LogP contribution in [0.3, 0.4) is 0 Å². The molecule has 3 N–H and O–H groups in total. The lowest BCUT2D eigenvalue weighted by Crippen LogP contribution is -2.50. The first kappa shape index (κ1) is 18.9. The number of nitrogens with two attached hydrogens (primary N) is 1. The van der Waals surface area contributed by atoms with E-state index in [0.29, 0.717) is 13.0 Å². The van der Waals surface area contributed by atoms with Gasteiger partial charge in [0.1, 0.15) is 0 Å². The lowest BCUT2D eigenvalue weighted by atomic mass is 9.92. The van der Waals surface area contributed by atoms with Crippen LogP contribution in [0.25, 0.3) is 0 Å². The Bertz CT molecular complexity index is 495. The molecule has 1 aromatic rings. The zero-order valence-corrected chi connectivity index (χ0v) is 14.7. The summed E-state index contributed by atoms with van der Waals surface area (Å²) in [6.07, 6.45) is 7.04. The van der Waals surface area contributed by atoms with Crippen molar-refractivity contribution in [3.8, 4) is 0 Å². The fraction of sp³-hybridized carbons (Fsp3) is 0.714. The predicted octanol–water partition coefficient (Wildman–Crippen LogP) is 2.68. The molecule has 1 aromatic heterocycles. The number of halogens is 1. The lowest BCUT2D eigenvalue weighted by molar-refractivity contribution is 0.369. The van der Waals surface area contributed by atoms with Gasteiger partial charge in [-0.25, -0.2) is 13.1 Å². The Morgan fingerprint density at radius 1 is 1.24 bits per heavy atom. The van der Waals surface area contributed by atoms with Crippen molar-refractivity contribution in [3.05, 3.63) is 22.4 Å². The Kier molecular flexibility index (Phi) is 7.64. The van der Waals surface area contributed by atoms with Crippen LogP contribution in [0, 0.1) is 0 Å². The summed E-state index contributed by atoms with van der Waals surface area (Å²) in [5.74, 6) is 0.142. The molecule has 1 heterocycles. The molecule has 21 heavy (non-hydrogen) atoms. The van der Waals surface area contributed by atoms with Gasteiger partial charge in [0.25, 0.3) is 0 Å². The number of hydrogen-bond donors (Lipinski definition) is 2. The average molecular weight is 353 g/mol. The monoisotopic (exact) mass is 352 g/mol. The standard InChI is InChI=1S/C14H24N2O2S2.ClH/c15-14(8-3-1-2-4-9-14)12-16-20(17,18)11-7-13-6-5-10-19-13;/h5-6,10,16H,1-4,7-9,11-12,15H2;1H. The molecule has 1 fully saturated rings. The number of thiophene rings is 1. The van der Waals surface area contributed by atoms with Gasteiger partial charge in [-0.15, -0.1) is 23.7 Å². The van der Waals surface area contributed by atoms with Crippen LogP contribution in [0.1, 0.15) is 43.4 Å². The quantitative estimate of drug-likeness (QED) is 0.773. The van der Waals surface area contributed by atoms with Gasteiger partial charge in [0.2, 0.25) is 10.0 Å². The predicted molar refractivity (Wildman–Crippen MR) is 91.7 cm³/mol. The van der Waals surface area contributed by atoms with Crippen LogP contribution in [0.4, 0.5) is 0 Å². The van der Waals surface area contributed by atoms with E-state index in [9.17, 15) is 8.42 Å². The summed E-state index contributed by atoms with van der Waals surface area (Å²) in [7, 11) is -3.23. The van der Waals surface area contributed by atoms with Crippen molar-refractivity contribution in [2.24, 2.45) is 5.73 Å². The fourth-order valence-electron chi connectivity index (χ4n) is 2.63. The molecule has 1 aliphatic rings. The second kappa shape index (κ2) is 8.48. The highest BCUT2D eigenvalue weighted by molar-refractivity contribution is 7.89. The Labute approximate surface area is 138 Å². The minimum atomic E-state index is -3.23. The largest absolute Gasteiger partial charge is 0.324 e. The van der Waals surface area contributed by atoms with E-state index < -0.39 is 10.0 Å². The van der Waals surface area contributed by atoms with Crippen molar-refractivity contribution >= 4 is 33.8 Å². The molecule has 0 aromatic carbocycles. The van der Waals surface area contributed by atoms with Gasteiger partial charge in [-0.1, -0.05) is 31.7 Å². The number of aryl methyl sites for hydroxylation is 1. The molecular formula is C14H25ClN2O2S2. The fourth-order valence-corrected chi connectivity index (χ4v) is 4.60. The van der Waals surface area contributed by atoms with Gasteiger partial charge in [-0.05, 0) is 30.7 Å². The minimum absolute atomic E-state index is 0. The second-order valence-electron chi connectivity index (χ2n) is 5.75. The Morgan fingerprint density at radius 2 is 1.90 bits per heavy atom.